The van der Waals surface area contributed by atoms with Gasteiger partial charge in [0, 0.05) is 16.0 Å². The molecule has 0 saturated heterocycles. The number of amides is 1. The number of nitrogens with zero attached hydrogens (tertiary/aromatic N) is 1. The van der Waals surface area contributed by atoms with Crippen molar-refractivity contribution in [2.45, 2.75) is 13.5 Å². The molecule has 0 saturated carbocycles. The smallest absolute Gasteiger partial charge is 0.281 e. The van der Waals surface area contributed by atoms with Gasteiger partial charge in [-0.3, -0.25) is 4.79 Å². The first kappa shape index (κ1) is 15.6. The van der Waals surface area contributed by atoms with Crippen LogP contribution in [0, 0.1) is 6.92 Å². The van der Waals surface area contributed by atoms with E-state index in [1.165, 1.54) is 16.9 Å². The molecule has 1 N–H and O–H groups in total. The number of carbonyl (C=O) groups is 1. The monoisotopic (exact) mass is 348 g/mol. The van der Waals surface area contributed by atoms with Gasteiger partial charge in [-0.1, -0.05) is 42.0 Å². The Bertz CT molecular complexity index is 958. The molecule has 0 bridgehead atoms. The van der Waals surface area contributed by atoms with Gasteiger partial charge in [0.05, 0.1) is 11.1 Å². The van der Waals surface area contributed by atoms with Crippen molar-refractivity contribution < 1.29 is 9.53 Å². The van der Waals surface area contributed by atoms with Crippen LogP contribution in [0.15, 0.2) is 59.7 Å². The Labute approximate surface area is 149 Å². The fourth-order valence-electron chi connectivity index (χ4n) is 2.68. The maximum Gasteiger partial charge on any atom is 0.281 e. The fraction of sp³-hybridized carbons (Fsp3) is 0.100. The number of carbonyl (C=O) groups excluding carboxylic acids is 1. The number of hydrazone groups is 1. The normalized spacial score (nSPS) is 12.4. The van der Waals surface area contributed by atoms with Crippen LogP contribution in [-0.2, 0) is 6.61 Å². The van der Waals surface area contributed by atoms with E-state index in [4.69, 9.17) is 4.74 Å². The van der Waals surface area contributed by atoms with Crippen LogP contribution < -0.4 is 10.2 Å². The molecule has 0 spiro atoms. The van der Waals surface area contributed by atoms with Crippen LogP contribution in [0.2, 0.25) is 0 Å². The van der Waals surface area contributed by atoms with E-state index in [1.807, 2.05) is 61.5 Å². The minimum Gasteiger partial charge on any atom is -0.488 e. The molecule has 0 radical (unpaired) electrons. The zero-order chi connectivity index (χ0) is 17.2. The lowest BCUT2D eigenvalue weighted by Gasteiger charge is -2.16. The molecule has 1 aliphatic rings. The minimum atomic E-state index is -0.208. The summed E-state index contributed by atoms with van der Waals surface area (Å²) in [6.45, 7) is 2.52. The van der Waals surface area contributed by atoms with Crippen LogP contribution in [0.4, 0.5) is 0 Å². The number of fused-ring (bicyclic) bond motifs is 3. The number of nitrogens with one attached hydrogen (secondary N) is 1. The van der Waals surface area contributed by atoms with Crippen molar-refractivity contribution in [3.63, 3.8) is 0 Å². The number of aryl methyl sites for hydroxylation is 1. The van der Waals surface area contributed by atoms with E-state index in [1.54, 1.807) is 6.21 Å². The van der Waals surface area contributed by atoms with Gasteiger partial charge in [-0.2, -0.15) is 5.10 Å². The van der Waals surface area contributed by atoms with Crippen molar-refractivity contribution in [3.8, 4) is 16.2 Å². The van der Waals surface area contributed by atoms with E-state index in [9.17, 15) is 4.79 Å². The van der Waals surface area contributed by atoms with E-state index in [-0.39, 0.29) is 5.91 Å². The van der Waals surface area contributed by atoms with Crippen LogP contribution in [0.1, 0.15) is 26.4 Å². The minimum absolute atomic E-state index is 0.208. The van der Waals surface area contributed by atoms with Crippen molar-refractivity contribution in [2.24, 2.45) is 5.10 Å². The molecule has 2 aromatic carbocycles. The highest BCUT2D eigenvalue weighted by molar-refractivity contribution is 7.17. The average Bonchev–Trinajstić information content (AvgIpc) is 3.08. The molecular formula is C20H16N2O2S. The Balaban J connectivity index is 1.51. The molecule has 4 nitrogen and oxygen atoms in total. The summed E-state index contributed by atoms with van der Waals surface area (Å²) >= 11 is 1.47. The zero-order valence-electron chi connectivity index (χ0n) is 13.7. The third-order valence-electron chi connectivity index (χ3n) is 4.00. The Morgan fingerprint density at radius 2 is 2.00 bits per heavy atom. The van der Waals surface area contributed by atoms with Crippen LogP contribution in [-0.4, -0.2) is 12.1 Å². The lowest BCUT2D eigenvalue weighted by atomic mass is 10.1. The number of para-hydroxylation sites is 1. The van der Waals surface area contributed by atoms with Gasteiger partial charge in [0.25, 0.3) is 5.91 Å². The molecule has 3 aromatic rings. The molecule has 1 aromatic heterocycles. The second-order valence-electron chi connectivity index (χ2n) is 5.86. The highest BCUT2D eigenvalue weighted by Crippen LogP contribution is 2.42. The van der Waals surface area contributed by atoms with Crippen LogP contribution in [0.25, 0.3) is 10.4 Å². The number of hydrogen-bond acceptors (Lipinski definition) is 4. The van der Waals surface area contributed by atoms with Gasteiger partial charge in [0.2, 0.25) is 0 Å². The third kappa shape index (κ3) is 3.19. The largest absolute Gasteiger partial charge is 0.488 e. The average molecular weight is 348 g/mol. The van der Waals surface area contributed by atoms with Crippen LogP contribution >= 0.6 is 11.3 Å². The number of hydrogen-bond donors (Lipinski definition) is 1. The maximum atomic E-state index is 12.4. The Morgan fingerprint density at radius 1 is 1.20 bits per heavy atom. The zero-order valence-corrected chi connectivity index (χ0v) is 14.5. The van der Waals surface area contributed by atoms with E-state index < -0.39 is 0 Å². The second kappa shape index (κ2) is 6.53. The van der Waals surface area contributed by atoms with Gasteiger partial charge >= 0.3 is 0 Å². The van der Waals surface area contributed by atoms with Crippen molar-refractivity contribution in [1.82, 2.24) is 5.43 Å². The summed E-state index contributed by atoms with van der Waals surface area (Å²) in [6, 6.07) is 17.7. The highest BCUT2D eigenvalue weighted by Gasteiger charge is 2.22. The SMILES string of the molecule is Cc1ccc(/C=N/NC(=O)c2cc3c(s2)-c2ccccc2OC3)cc1. The summed E-state index contributed by atoms with van der Waals surface area (Å²) < 4.78 is 5.74. The van der Waals surface area contributed by atoms with Gasteiger partial charge in [0.1, 0.15) is 12.4 Å². The summed E-state index contributed by atoms with van der Waals surface area (Å²) in [7, 11) is 0. The van der Waals surface area contributed by atoms with Crippen molar-refractivity contribution in [3.05, 3.63) is 76.2 Å². The van der Waals surface area contributed by atoms with E-state index in [2.05, 4.69) is 10.5 Å². The van der Waals surface area contributed by atoms with Gasteiger partial charge < -0.3 is 4.74 Å². The fourth-order valence-corrected chi connectivity index (χ4v) is 3.77. The molecule has 5 heteroatoms. The van der Waals surface area contributed by atoms with Crippen molar-refractivity contribution in [1.29, 1.82) is 0 Å². The standard InChI is InChI=1S/C20H16N2O2S/c1-13-6-8-14(9-7-13)11-21-22-20(23)18-10-15-12-24-17-5-3-2-4-16(17)19(15)25-18/h2-11H,12H2,1H3,(H,22,23)/b21-11+. The molecule has 0 atom stereocenters. The van der Waals surface area contributed by atoms with Gasteiger partial charge in [-0.05, 0) is 30.7 Å². The Hall–Kier alpha value is -2.92. The van der Waals surface area contributed by atoms with E-state index in [0.29, 0.717) is 11.5 Å². The first-order valence-electron chi connectivity index (χ1n) is 7.96. The van der Waals surface area contributed by atoms with Crippen LogP contribution in [0.3, 0.4) is 0 Å². The molecule has 0 unspecified atom stereocenters. The molecule has 1 amide bonds. The predicted octanol–water partition coefficient (Wildman–Crippen LogP) is 4.38. The van der Waals surface area contributed by atoms with Crippen LogP contribution in [0.5, 0.6) is 5.75 Å². The third-order valence-corrected chi connectivity index (χ3v) is 5.21. The van der Waals surface area contributed by atoms with E-state index >= 15 is 0 Å². The summed E-state index contributed by atoms with van der Waals surface area (Å²) in [5, 5.41) is 4.05. The number of ether oxygens (including phenoxy) is 1. The number of thiophene rings is 1. The first-order valence-corrected chi connectivity index (χ1v) is 8.77. The Kier molecular flexibility index (Phi) is 4.07. The summed E-state index contributed by atoms with van der Waals surface area (Å²) in [5.74, 6) is 0.654. The molecule has 124 valence electrons. The number of rotatable bonds is 3. The summed E-state index contributed by atoms with van der Waals surface area (Å²) in [5.41, 5.74) is 6.80. The van der Waals surface area contributed by atoms with Gasteiger partial charge in [0.15, 0.2) is 0 Å². The Morgan fingerprint density at radius 3 is 2.84 bits per heavy atom. The topological polar surface area (TPSA) is 50.7 Å². The van der Waals surface area contributed by atoms with Crippen molar-refractivity contribution in [2.75, 3.05) is 0 Å². The molecule has 25 heavy (non-hydrogen) atoms. The van der Waals surface area contributed by atoms with Crippen molar-refractivity contribution >= 4 is 23.5 Å². The highest BCUT2D eigenvalue weighted by atomic mass is 32.1. The molecule has 1 aliphatic heterocycles. The summed E-state index contributed by atoms with van der Waals surface area (Å²) in [4.78, 5) is 14.1. The maximum absolute atomic E-state index is 12.4. The quantitative estimate of drug-likeness (QED) is 0.564. The molecule has 4 rings (SSSR count). The lowest BCUT2D eigenvalue weighted by Crippen LogP contribution is -2.16. The molecule has 0 aliphatic carbocycles. The molecule has 2 heterocycles. The number of benzene rings is 2. The summed E-state index contributed by atoms with van der Waals surface area (Å²) in [6.07, 6.45) is 1.64. The second-order valence-corrected chi connectivity index (χ2v) is 6.91. The van der Waals surface area contributed by atoms with E-state index in [0.717, 1.165) is 27.3 Å². The lowest BCUT2D eigenvalue weighted by molar-refractivity contribution is 0.0959. The first-order chi connectivity index (χ1) is 12.2. The molecular weight excluding hydrogens is 332 g/mol. The predicted molar refractivity (Wildman–Crippen MR) is 100 cm³/mol. The molecule has 0 fully saturated rings. The van der Waals surface area contributed by atoms with Gasteiger partial charge in [-0.15, -0.1) is 11.3 Å². The van der Waals surface area contributed by atoms with Gasteiger partial charge in [-0.25, -0.2) is 5.43 Å².